The molecule has 0 aliphatic rings. The standard InChI is InChI=1S/C7H4F3NO2/c8-4-1-11-5(7(9)10)6(13)3(4)2-12/h1-2,7,13H. The van der Waals surface area contributed by atoms with Gasteiger partial charge in [0.05, 0.1) is 11.8 Å². The van der Waals surface area contributed by atoms with Gasteiger partial charge in [0.2, 0.25) is 0 Å². The minimum absolute atomic E-state index is 0.0434. The summed E-state index contributed by atoms with van der Waals surface area (Å²) in [6.07, 6.45) is -2.62. The van der Waals surface area contributed by atoms with Crippen LogP contribution in [-0.2, 0) is 0 Å². The molecule has 70 valence electrons. The minimum atomic E-state index is -3.04. The average molecular weight is 191 g/mol. The molecular formula is C7H4F3NO2. The van der Waals surface area contributed by atoms with Crippen LogP contribution >= 0.6 is 0 Å². The van der Waals surface area contributed by atoms with Crippen LogP contribution in [0.15, 0.2) is 6.20 Å². The Hall–Kier alpha value is -1.59. The molecule has 1 heterocycles. The lowest BCUT2D eigenvalue weighted by atomic mass is 10.2. The first kappa shape index (κ1) is 9.50. The number of pyridine rings is 1. The first-order valence-corrected chi connectivity index (χ1v) is 3.18. The Labute approximate surface area is 70.8 Å². The predicted molar refractivity (Wildman–Crippen MR) is 36.2 cm³/mol. The van der Waals surface area contributed by atoms with Gasteiger partial charge < -0.3 is 5.11 Å². The fourth-order valence-electron chi connectivity index (χ4n) is 0.780. The zero-order valence-electron chi connectivity index (χ0n) is 6.17. The average Bonchev–Trinajstić information content (AvgIpc) is 2.04. The number of carbonyl (C=O) groups is 1. The topological polar surface area (TPSA) is 50.2 Å². The summed E-state index contributed by atoms with van der Waals surface area (Å²) < 4.78 is 36.6. The van der Waals surface area contributed by atoms with Crippen LogP contribution in [0.2, 0.25) is 0 Å². The molecule has 1 rings (SSSR count). The van der Waals surface area contributed by atoms with Crippen LogP contribution < -0.4 is 0 Å². The normalized spacial score (nSPS) is 10.5. The van der Waals surface area contributed by atoms with Gasteiger partial charge in [0.15, 0.2) is 17.9 Å². The van der Waals surface area contributed by atoms with E-state index in [4.69, 9.17) is 5.11 Å². The van der Waals surface area contributed by atoms with Gasteiger partial charge >= 0.3 is 0 Å². The second kappa shape index (κ2) is 3.42. The molecule has 0 saturated heterocycles. The van der Waals surface area contributed by atoms with E-state index in [0.29, 0.717) is 6.20 Å². The smallest absolute Gasteiger partial charge is 0.284 e. The molecule has 0 unspecified atom stereocenters. The Morgan fingerprint density at radius 3 is 2.62 bits per heavy atom. The minimum Gasteiger partial charge on any atom is -0.505 e. The van der Waals surface area contributed by atoms with Crippen molar-refractivity contribution in [3.8, 4) is 5.75 Å². The quantitative estimate of drug-likeness (QED) is 0.723. The lowest BCUT2D eigenvalue weighted by Crippen LogP contribution is -1.98. The Bertz CT molecular complexity index is 341. The van der Waals surface area contributed by atoms with E-state index in [9.17, 15) is 18.0 Å². The van der Waals surface area contributed by atoms with Gasteiger partial charge in [0.1, 0.15) is 5.69 Å². The number of aromatic nitrogens is 1. The van der Waals surface area contributed by atoms with Crippen LogP contribution in [0.3, 0.4) is 0 Å². The number of carbonyl (C=O) groups excluding carboxylic acids is 1. The van der Waals surface area contributed by atoms with Crippen LogP contribution in [0.25, 0.3) is 0 Å². The van der Waals surface area contributed by atoms with Crippen molar-refractivity contribution in [3.63, 3.8) is 0 Å². The highest BCUT2D eigenvalue weighted by atomic mass is 19.3. The van der Waals surface area contributed by atoms with Gasteiger partial charge in [0.25, 0.3) is 6.43 Å². The van der Waals surface area contributed by atoms with Crippen molar-refractivity contribution in [2.45, 2.75) is 6.43 Å². The molecule has 0 fully saturated rings. The molecule has 1 aromatic rings. The Morgan fingerprint density at radius 2 is 2.15 bits per heavy atom. The highest BCUT2D eigenvalue weighted by Crippen LogP contribution is 2.29. The monoisotopic (exact) mass is 191 g/mol. The highest BCUT2D eigenvalue weighted by molar-refractivity contribution is 5.79. The van der Waals surface area contributed by atoms with Crippen LogP contribution in [0, 0.1) is 5.82 Å². The van der Waals surface area contributed by atoms with E-state index in [1.165, 1.54) is 0 Å². The number of aldehydes is 1. The zero-order chi connectivity index (χ0) is 10.0. The molecule has 0 radical (unpaired) electrons. The van der Waals surface area contributed by atoms with Crippen LogP contribution in [0.4, 0.5) is 13.2 Å². The molecule has 3 nitrogen and oxygen atoms in total. The molecule has 0 amide bonds. The van der Waals surface area contributed by atoms with Gasteiger partial charge in [-0.3, -0.25) is 4.79 Å². The first-order valence-electron chi connectivity index (χ1n) is 3.18. The first-order chi connectivity index (χ1) is 6.07. The van der Waals surface area contributed by atoms with Gasteiger partial charge in [-0.25, -0.2) is 18.2 Å². The second-order valence-corrected chi connectivity index (χ2v) is 2.17. The van der Waals surface area contributed by atoms with Gasteiger partial charge in [-0.15, -0.1) is 0 Å². The molecule has 1 aromatic heterocycles. The van der Waals surface area contributed by atoms with Gasteiger partial charge in [0, 0.05) is 0 Å². The summed E-state index contributed by atoms with van der Waals surface area (Å²) in [5.74, 6) is -2.23. The fraction of sp³-hybridized carbons (Fsp3) is 0.143. The zero-order valence-corrected chi connectivity index (χ0v) is 6.17. The summed E-state index contributed by atoms with van der Waals surface area (Å²) >= 11 is 0. The van der Waals surface area contributed by atoms with Crippen molar-refractivity contribution < 1.29 is 23.1 Å². The summed E-state index contributed by atoms with van der Waals surface area (Å²) in [5.41, 5.74) is -1.80. The molecule has 13 heavy (non-hydrogen) atoms. The molecule has 0 aliphatic heterocycles. The van der Waals surface area contributed by atoms with Crippen molar-refractivity contribution in [2.75, 3.05) is 0 Å². The molecule has 0 aromatic carbocycles. The summed E-state index contributed by atoms with van der Waals surface area (Å²) in [4.78, 5) is 13.1. The highest BCUT2D eigenvalue weighted by Gasteiger charge is 2.20. The molecule has 1 N–H and O–H groups in total. The van der Waals surface area contributed by atoms with Gasteiger partial charge in [-0.1, -0.05) is 0 Å². The third kappa shape index (κ3) is 1.61. The van der Waals surface area contributed by atoms with E-state index in [2.05, 4.69) is 4.98 Å². The van der Waals surface area contributed by atoms with Crippen molar-refractivity contribution >= 4 is 6.29 Å². The maximum absolute atomic E-state index is 12.6. The molecule has 0 bridgehead atoms. The van der Waals surface area contributed by atoms with Gasteiger partial charge in [-0.05, 0) is 0 Å². The molecular weight excluding hydrogens is 187 g/mol. The maximum Gasteiger partial charge on any atom is 0.284 e. The third-order valence-electron chi connectivity index (χ3n) is 1.40. The SMILES string of the molecule is O=Cc1c(F)cnc(C(F)F)c1O. The number of halogens is 3. The van der Waals surface area contributed by atoms with E-state index in [-0.39, 0.29) is 6.29 Å². The van der Waals surface area contributed by atoms with Crippen LogP contribution in [0.5, 0.6) is 5.75 Å². The second-order valence-electron chi connectivity index (χ2n) is 2.17. The number of aromatic hydroxyl groups is 1. The summed E-state index contributed by atoms with van der Waals surface area (Å²) in [6.45, 7) is 0. The summed E-state index contributed by atoms with van der Waals surface area (Å²) in [5, 5.41) is 8.93. The molecule has 0 saturated carbocycles. The number of alkyl halides is 2. The summed E-state index contributed by atoms with van der Waals surface area (Å²) in [6, 6.07) is 0. The number of hydrogen-bond acceptors (Lipinski definition) is 3. The predicted octanol–water partition coefficient (Wildman–Crippen LogP) is 1.68. The number of hydrogen-bond donors (Lipinski definition) is 1. The molecule has 0 atom stereocenters. The van der Waals surface area contributed by atoms with E-state index < -0.39 is 29.2 Å². The van der Waals surface area contributed by atoms with E-state index in [1.807, 2.05) is 0 Å². The number of rotatable bonds is 2. The van der Waals surface area contributed by atoms with Gasteiger partial charge in [-0.2, -0.15) is 0 Å². The van der Waals surface area contributed by atoms with Crippen molar-refractivity contribution in [2.24, 2.45) is 0 Å². The van der Waals surface area contributed by atoms with E-state index in [1.54, 1.807) is 0 Å². The van der Waals surface area contributed by atoms with Crippen molar-refractivity contribution in [3.05, 3.63) is 23.3 Å². The third-order valence-corrected chi connectivity index (χ3v) is 1.40. The molecule has 0 aliphatic carbocycles. The van der Waals surface area contributed by atoms with E-state index >= 15 is 0 Å². The Kier molecular flexibility index (Phi) is 2.50. The maximum atomic E-state index is 12.6. The molecule has 6 heteroatoms. The van der Waals surface area contributed by atoms with Crippen LogP contribution in [-0.4, -0.2) is 16.4 Å². The Balaban J connectivity index is 3.35. The number of nitrogens with zero attached hydrogens (tertiary/aromatic N) is 1. The largest absolute Gasteiger partial charge is 0.505 e. The fourth-order valence-corrected chi connectivity index (χ4v) is 0.780. The van der Waals surface area contributed by atoms with Crippen molar-refractivity contribution in [1.82, 2.24) is 4.98 Å². The Morgan fingerprint density at radius 1 is 1.54 bits per heavy atom. The molecule has 0 spiro atoms. The van der Waals surface area contributed by atoms with E-state index in [0.717, 1.165) is 0 Å². The van der Waals surface area contributed by atoms with Crippen molar-refractivity contribution in [1.29, 1.82) is 0 Å². The lowest BCUT2D eigenvalue weighted by molar-refractivity contribution is 0.111. The van der Waals surface area contributed by atoms with Crippen LogP contribution in [0.1, 0.15) is 22.5 Å². The lowest BCUT2D eigenvalue weighted by Gasteiger charge is -2.04. The summed E-state index contributed by atoms with van der Waals surface area (Å²) in [7, 11) is 0.